The van der Waals surface area contributed by atoms with Gasteiger partial charge in [-0.2, -0.15) is 0 Å². The van der Waals surface area contributed by atoms with Gasteiger partial charge in [-0.3, -0.25) is 4.79 Å². The van der Waals surface area contributed by atoms with E-state index in [9.17, 15) is 9.59 Å². The fourth-order valence-electron chi connectivity index (χ4n) is 2.06. The molecule has 0 spiro atoms. The van der Waals surface area contributed by atoms with Gasteiger partial charge in [0.2, 0.25) is 0 Å². The first-order valence-corrected chi connectivity index (χ1v) is 8.43. The highest BCUT2D eigenvalue weighted by Crippen LogP contribution is 2.10. The molecule has 0 saturated carbocycles. The molecule has 0 aliphatic rings. The molecule has 0 heterocycles. The van der Waals surface area contributed by atoms with Gasteiger partial charge in [0.1, 0.15) is 5.60 Å². The summed E-state index contributed by atoms with van der Waals surface area (Å²) >= 11 is 0. The van der Waals surface area contributed by atoms with Crippen molar-refractivity contribution >= 4 is 11.9 Å². The molecule has 0 aliphatic carbocycles. The Balaban J connectivity index is 2.23. The van der Waals surface area contributed by atoms with Crippen LogP contribution in [0.1, 0.15) is 46.1 Å². The molecule has 0 atom stereocenters. The molecule has 0 fully saturated rings. The number of hydrogen-bond donors (Lipinski definition) is 0. The van der Waals surface area contributed by atoms with Gasteiger partial charge in [-0.25, -0.2) is 4.79 Å². The largest absolute Gasteiger partial charge is 0.444 e. The molecule has 1 amide bonds. The zero-order chi connectivity index (χ0) is 18.0. The van der Waals surface area contributed by atoms with Crippen LogP contribution in [-0.2, 0) is 20.9 Å². The fourth-order valence-corrected chi connectivity index (χ4v) is 2.06. The summed E-state index contributed by atoms with van der Waals surface area (Å²) < 4.78 is 10.9. The van der Waals surface area contributed by atoms with E-state index in [4.69, 9.17) is 9.47 Å². The number of hydrogen-bond acceptors (Lipinski definition) is 4. The highest BCUT2D eigenvalue weighted by atomic mass is 16.6. The standard InChI is InChI=1S/C19H29NO4/c1-5-20(18(22)24-19(2,3)4)14-17(21)12-9-13-23-15-16-10-7-6-8-11-16/h6-8,10-11H,5,9,12-15H2,1-4H3. The predicted octanol–water partition coefficient (Wildman–Crippen LogP) is 3.81. The second-order valence-corrected chi connectivity index (χ2v) is 6.67. The molecule has 0 unspecified atom stereocenters. The lowest BCUT2D eigenvalue weighted by molar-refractivity contribution is -0.120. The third-order valence-electron chi connectivity index (χ3n) is 3.26. The number of amides is 1. The summed E-state index contributed by atoms with van der Waals surface area (Å²) in [5.41, 5.74) is 0.560. The molecular formula is C19H29NO4. The van der Waals surface area contributed by atoms with E-state index in [2.05, 4.69) is 0 Å². The average Bonchev–Trinajstić information content (AvgIpc) is 2.51. The summed E-state index contributed by atoms with van der Waals surface area (Å²) in [5, 5.41) is 0. The van der Waals surface area contributed by atoms with Crippen LogP contribution in [0.5, 0.6) is 0 Å². The fraction of sp³-hybridized carbons (Fsp3) is 0.579. The molecule has 0 aliphatic heterocycles. The molecular weight excluding hydrogens is 306 g/mol. The summed E-state index contributed by atoms with van der Waals surface area (Å²) in [6.45, 7) is 8.88. The first-order valence-electron chi connectivity index (χ1n) is 8.43. The number of ketones is 1. The van der Waals surface area contributed by atoms with Crippen molar-refractivity contribution in [2.45, 2.75) is 52.7 Å². The van der Waals surface area contributed by atoms with Gasteiger partial charge in [-0.05, 0) is 39.7 Å². The number of benzene rings is 1. The van der Waals surface area contributed by atoms with Gasteiger partial charge < -0.3 is 14.4 Å². The van der Waals surface area contributed by atoms with E-state index in [1.165, 1.54) is 4.90 Å². The minimum absolute atomic E-state index is 0.0195. The summed E-state index contributed by atoms with van der Waals surface area (Å²) in [6.07, 6.45) is 0.602. The summed E-state index contributed by atoms with van der Waals surface area (Å²) in [6, 6.07) is 9.92. The Morgan fingerprint density at radius 1 is 1.12 bits per heavy atom. The predicted molar refractivity (Wildman–Crippen MR) is 93.8 cm³/mol. The molecule has 1 aromatic carbocycles. The molecule has 1 aromatic rings. The number of ether oxygens (including phenoxy) is 2. The quantitative estimate of drug-likeness (QED) is 0.644. The smallest absolute Gasteiger partial charge is 0.410 e. The lowest BCUT2D eigenvalue weighted by atomic mass is 10.2. The Kier molecular flexibility index (Phi) is 8.47. The van der Waals surface area contributed by atoms with E-state index < -0.39 is 11.7 Å². The average molecular weight is 335 g/mol. The van der Waals surface area contributed by atoms with Crippen molar-refractivity contribution in [2.75, 3.05) is 19.7 Å². The first-order chi connectivity index (χ1) is 11.3. The van der Waals surface area contributed by atoms with E-state index >= 15 is 0 Å². The summed E-state index contributed by atoms with van der Waals surface area (Å²) in [7, 11) is 0. The maximum absolute atomic E-state index is 12.0. The van der Waals surface area contributed by atoms with E-state index in [0.717, 1.165) is 5.56 Å². The number of rotatable bonds is 9. The van der Waals surface area contributed by atoms with Gasteiger partial charge in [0, 0.05) is 19.6 Å². The first kappa shape index (κ1) is 20.2. The van der Waals surface area contributed by atoms with Crippen LogP contribution in [0.3, 0.4) is 0 Å². The Morgan fingerprint density at radius 2 is 1.79 bits per heavy atom. The second-order valence-electron chi connectivity index (χ2n) is 6.67. The van der Waals surface area contributed by atoms with Gasteiger partial charge in [-0.1, -0.05) is 30.3 Å². The van der Waals surface area contributed by atoms with E-state index in [0.29, 0.717) is 32.6 Å². The number of carbonyl (C=O) groups excluding carboxylic acids is 2. The van der Waals surface area contributed by atoms with Crippen LogP contribution in [0, 0.1) is 0 Å². The number of carbonyl (C=O) groups is 2. The maximum atomic E-state index is 12.0. The molecule has 5 nitrogen and oxygen atoms in total. The lowest BCUT2D eigenvalue weighted by Gasteiger charge is -2.26. The number of Topliss-reactive ketones (excluding diaryl/α,β-unsaturated/α-hetero) is 1. The minimum atomic E-state index is -0.557. The van der Waals surface area contributed by atoms with Crippen LogP contribution in [0.4, 0.5) is 4.79 Å². The van der Waals surface area contributed by atoms with Gasteiger partial charge in [-0.15, -0.1) is 0 Å². The Morgan fingerprint density at radius 3 is 2.38 bits per heavy atom. The van der Waals surface area contributed by atoms with Crippen molar-refractivity contribution in [1.82, 2.24) is 4.90 Å². The van der Waals surface area contributed by atoms with Gasteiger partial charge >= 0.3 is 6.09 Å². The van der Waals surface area contributed by atoms with E-state index in [1.54, 1.807) is 0 Å². The summed E-state index contributed by atoms with van der Waals surface area (Å²) in [4.78, 5) is 25.4. The maximum Gasteiger partial charge on any atom is 0.410 e. The van der Waals surface area contributed by atoms with Gasteiger partial charge in [0.25, 0.3) is 0 Å². The Hall–Kier alpha value is -1.88. The van der Waals surface area contributed by atoms with Crippen LogP contribution in [0.15, 0.2) is 30.3 Å². The van der Waals surface area contributed by atoms with Crippen molar-refractivity contribution in [1.29, 1.82) is 0 Å². The molecule has 1 rings (SSSR count). The topological polar surface area (TPSA) is 55.8 Å². The molecule has 0 bridgehead atoms. The molecule has 0 aromatic heterocycles. The van der Waals surface area contributed by atoms with Gasteiger partial charge in [0.05, 0.1) is 13.2 Å². The minimum Gasteiger partial charge on any atom is -0.444 e. The molecule has 24 heavy (non-hydrogen) atoms. The molecule has 5 heteroatoms. The zero-order valence-electron chi connectivity index (χ0n) is 15.2. The molecule has 0 radical (unpaired) electrons. The number of nitrogens with zero attached hydrogens (tertiary/aromatic N) is 1. The van der Waals surface area contributed by atoms with Crippen molar-refractivity contribution in [3.05, 3.63) is 35.9 Å². The van der Waals surface area contributed by atoms with Crippen LogP contribution in [-0.4, -0.2) is 42.1 Å². The van der Waals surface area contributed by atoms with Gasteiger partial charge in [0.15, 0.2) is 5.78 Å². The highest BCUT2D eigenvalue weighted by Gasteiger charge is 2.22. The second kappa shape index (κ2) is 10.1. The summed E-state index contributed by atoms with van der Waals surface area (Å²) in [5.74, 6) is 0.0195. The molecule has 0 saturated heterocycles. The van der Waals surface area contributed by atoms with Crippen molar-refractivity contribution in [3.8, 4) is 0 Å². The van der Waals surface area contributed by atoms with Crippen LogP contribution < -0.4 is 0 Å². The Bertz CT molecular complexity index is 508. The monoisotopic (exact) mass is 335 g/mol. The van der Waals surface area contributed by atoms with E-state index in [1.807, 2.05) is 58.0 Å². The lowest BCUT2D eigenvalue weighted by Crippen LogP contribution is -2.39. The van der Waals surface area contributed by atoms with Crippen molar-refractivity contribution in [3.63, 3.8) is 0 Å². The zero-order valence-corrected chi connectivity index (χ0v) is 15.2. The van der Waals surface area contributed by atoms with Crippen LogP contribution in [0.25, 0.3) is 0 Å². The third-order valence-corrected chi connectivity index (χ3v) is 3.26. The molecule has 134 valence electrons. The third kappa shape index (κ3) is 8.67. The highest BCUT2D eigenvalue weighted by molar-refractivity contribution is 5.84. The van der Waals surface area contributed by atoms with Crippen molar-refractivity contribution in [2.24, 2.45) is 0 Å². The number of likely N-dealkylation sites (N-methyl/N-ethyl adjacent to an activating group) is 1. The normalized spacial score (nSPS) is 11.2. The van der Waals surface area contributed by atoms with E-state index in [-0.39, 0.29) is 12.3 Å². The van der Waals surface area contributed by atoms with Crippen molar-refractivity contribution < 1.29 is 19.1 Å². The van der Waals surface area contributed by atoms with Crippen LogP contribution >= 0.6 is 0 Å². The Labute approximate surface area is 144 Å². The molecule has 0 N–H and O–H groups in total. The SMILES string of the molecule is CCN(CC(=O)CCCOCc1ccccc1)C(=O)OC(C)(C)C. The van der Waals surface area contributed by atoms with Crippen LogP contribution in [0.2, 0.25) is 0 Å².